The van der Waals surface area contributed by atoms with Crippen LogP contribution in [0.3, 0.4) is 0 Å². The summed E-state index contributed by atoms with van der Waals surface area (Å²) < 4.78 is 0. The van der Waals surface area contributed by atoms with Crippen molar-refractivity contribution in [3.05, 3.63) is 38.9 Å². The van der Waals surface area contributed by atoms with E-state index in [0.29, 0.717) is 17.0 Å². The molecule has 0 spiro atoms. The van der Waals surface area contributed by atoms with Crippen LogP contribution >= 0.6 is 11.6 Å². The molecular weight excluding hydrogens is 288 g/mol. The van der Waals surface area contributed by atoms with E-state index in [9.17, 15) is 10.1 Å². The van der Waals surface area contributed by atoms with Crippen molar-refractivity contribution in [2.24, 2.45) is 5.92 Å². The lowest BCUT2D eigenvalue weighted by molar-refractivity contribution is -0.385. The highest BCUT2D eigenvalue weighted by Gasteiger charge is 2.26. The van der Waals surface area contributed by atoms with Crippen LogP contribution in [-0.4, -0.2) is 17.5 Å². The van der Waals surface area contributed by atoms with Gasteiger partial charge in [-0.25, -0.2) is 0 Å². The molecule has 2 rings (SSSR count). The fourth-order valence-electron chi connectivity index (χ4n) is 3.32. The van der Waals surface area contributed by atoms with E-state index >= 15 is 0 Å². The average Bonchev–Trinajstić information content (AvgIpc) is 2.67. The SMILES string of the molecule is CCNC1CCCCCC1Cc1ccc(Cl)cc1[N+](=O)[O-]. The molecule has 1 saturated carbocycles. The molecule has 0 aliphatic heterocycles. The third-order valence-electron chi connectivity index (χ3n) is 4.35. The largest absolute Gasteiger partial charge is 0.314 e. The smallest absolute Gasteiger partial charge is 0.274 e. The molecule has 4 nitrogen and oxygen atoms in total. The van der Waals surface area contributed by atoms with Gasteiger partial charge in [0.1, 0.15) is 0 Å². The Bertz CT molecular complexity index is 493. The fraction of sp³-hybridized carbons (Fsp3) is 0.625. The predicted octanol–water partition coefficient (Wildman–Crippen LogP) is 4.35. The van der Waals surface area contributed by atoms with Crippen molar-refractivity contribution in [3.63, 3.8) is 0 Å². The molecular formula is C16H23ClN2O2. The minimum Gasteiger partial charge on any atom is -0.314 e. The minimum atomic E-state index is -0.319. The fourth-order valence-corrected chi connectivity index (χ4v) is 3.49. The van der Waals surface area contributed by atoms with Crippen molar-refractivity contribution < 1.29 is 4.92 Å². The molecule has 5 heteroatoms. The Balaban J connectivity index is 2.19. The Kier molecular flexibility index (Phi) is 6.00. The molecule has 1 aromatic carbocycles. The van der Waals surface area contributed by atoms with Crippen LogP contribution in [0.2, 0.25) is 5.02 Å². The summed E-state index contributed by atoms with van der Waals surface area (Å²) in [4.78, 5) is 10.9. The van der Waals surface area contributed by atoms with Crippen molar-refractivity contribution in [2.75, 3.05) is 6.54 Å². The predicted molar refractivity (Wildman–Crippen MR) is 85.9 cm³/mol. The summed E-state index contributed by atoms with van der Waals surface area (Å²) in [5, 5.41) is 15.2. The van der Waals surface area contributed by atoms with Crippen LogP contribution in [-0.2, 0) is 6.42 Å². The van der Waals surface area contributed by atoms with Gasteiger partial charge in [0.15, 0.2) is 0 Å². The Morgan fingerprint density at radius 1 is 1.33 bits per heavy atom. The van der Waals surface area contributed by atoms with Crippen molar-refractivity contribution >= 4 is 17.3 Å². The molecule has 0 saturated heterocycles. The van der Waals surface area contributed by atoms with Gasteiger partial charge in [-0.15, -0.1) is 0 Å². The first-order valence-corrected chi connectivity index (χ1v) is 8.15. The lowest BCUT2D eigenvalue weighted by Crippen LogP contribution is -2.36. The van der Waals surface area contributed by atoms with Crippen LogP contribution in [0.25, 0.3) is 0 Å². The van der Waals surface area contributed by atoms with E-state index < -0.39 is 0 Å². The van der Waals surface area contributed by atoms with E-state index in [1.165, 1.54) is 31.7 Å². The van der Waals surface area contributed by atoms with E-state index in [2.05, 4.69) is 12.2 Å². The monoisotopic (exact) mass is 310 g/mol. The maximum atomic E-state index is 11.2. The minimum absolute atomic E-state index is 0.155. The Hall–Kier alpha value is -1.13. The molecule has 1 aromatic rings. The lowest BCUT2D eigenvalue weighted by atomic mass is 9.88. The van der Waals surface area contributed by atoms with Gasteiger partial charge in [0.05, 0.1) is 4.92 Å². The van der Waals surface area contributed by atoms with E-state index in [-0.39, 0.29) is 10.6 Å². The molecule has 0 heterocycles. The second-order valence-electron chi connectivity index (χ2n) is 5.80. The molecule has 116 valence electrons. The average molecular weight is 311 g/mol. The molecule has 1 aliphatic rings. The van der Waals surface area contributed by atoms with Crippen LogP contribution in [0.5, 0.6) is 0 Å². The summed E-state index contributed by atoms with van der Waals surface area (Å²) in [6, 6.07) is 5.50. The maximum Gasteiger partial charge on any atom is 0.274 e. The molecule has 0 bridgehead atoms. The highest BCUT2D eigenvalue weighted by Crippen LogP contribution is 2.31. The van der Waals surface area contributed by atoms with Crippen molar-refractivity contribution in [2.45, 2.75) is 51.5 Å². The van der Waals surface area contributed by atoms with Gasteiger partial charge in [0.25, 0.3) is 5.69 Å². The lowest BCUT2D eigenvalue weighted by Gasteiger charge is -2.26. The third kappa shape index (κ3) is 4.42. The first-order chi connectivity index (χ1) is 10.1. The molecule has 1 N–H and O–H groups in total. The number of nitro benzene ring substituents is 1. The zero-order valence-corrected chi connectivity index (χ0v) is 13.2. The Morgan fingerprint density at radius 2 is 2.10 bits per heavy atom. The molecule has 0 radical (unpaired) electrons. The molecule has 2 atom stereocenters. The Morgan fingerprint density at radius 3 is 2.81 bits per heavy atom. The second-order valence-corrected chi connectivity index (χ2v) is 6.23. The highest BCUT2D eigenvalue weighted by atomic mass is 35.5. The van der Waals surface area contributed by atoms with Gasteiger partial charge in [-0.1, -0.05) is 43.9 Å². The van der Waals surface area contributed by atoms with Crippen molar-refractivity contribution in [3.8, 4) is 0 Å². The number of hydrogen-bond donors (Lipinski definition) is 1. The van der Waals surface area contributed by atoms with Gasteiger partial charge in [-0.2, -0.15) is 0 Å². The molecule has 2 unspecified atom stereocenters. The number of hydrogen-bond acceptors (Lipinski definition) is 3. The molecule has 1 fully saturated rings. The van der Waals surface area contributed by atoms with E-state index in [1.807, 2.05) is 6.07 Å². The van der Waals surface area contributed by atoms with Gasteiger partial charge in [-0.05, 0) is 37.8 Å². The summed E-state index contributed by atoms with van der Waals surface area (Å²) in [6.45, 7) is 3.07. The van der Waals surface area contributed by atoms with E-state index in [4.69, 9.17) is 11.6 Å². The van der Waals surface area contributed by atoms with Crippen LogP contribution in [0.1, 0.15) is 44.6 Å². The zero-order valence-electron chi connectivity index (χ0n) is 12.5. The van der Waals surface area contributed by atoms with Crippen LogP contribution in [0.15, 0.2) is 18.2 Å². The van der Waals surface area contributed by atoms with Gasteiger partial charge < -0.3 is 5.32 Å². The first-order valence-electron chi connectivity index (χ1n) is 7.78. The van der Waals surface area contributed by atoms with Crippen molar-refractivity contribution in [1.29, 1.82) is 0 Å². The summed E-state index contributed by atoms with van der Waals surface area (Å²) in [5.74, 6) is 0.465. The van der Waals surface area contributed by atoms with Gasteiger partial charge >= 0.3 is 0 Å². The standard InChI is InChI=1S/C16H23ClN2O2/c1-2-18-15-7-5-3-4-6-12(15)10-13-8-9-14(17)11-16(13)19(20)21/h8-9,11-12,15,18H,2-7,10H2,1H3. The number of halogens is 1. The van der Waals surface area contributed by atoms with Crippen molar-refractivity contribution in [1.82, 2.24) is 5.32 Å². The number of nitrogens with one attached hydrogen (secondary N) is 1. The third-order valence-corrected chi connectivity index (χ3v) is 4.59. The summed E-state index contributed by atoms with van der Waals surface area (Å²) in [7, 11) is 0. The summed E-state index contributed by atoms with van der Waals surface area (Å²) in [5.41, 5.74) is 0.959. The topological polar surface area (TPSA) is 55.2 Å². The second kappa shape index (κ2) is 7.76. The zero-order chi connectivity index (χ0) is 15.2. The Labute approximate surface area is 131 Å². The van der Waals surface area contributed by atoms with E-state index in [0.717, 1.165) is 24.9 Å². The summed E-state index contributed by atoms with van der Waals surface area (Å²) in [6.07, 6.45) is 6.79. The molecule has 21 heavy (non-hydrogen) atoms. The van der Waals surface area contributed by atoms with Crippen LogP contribution < -0.4 is 5.32 Å². The number of rotatable bonds is 5. The quantitative estimate of drug-likeness (QED) is 0.500. The number of benzene rings is 1. The van der Waals surface area contributed by atoms with Gasteiger partial charge in [0, 0.05) is 22.7 Å². The molecule has 1 aliphatic carbocycles. The van der Waals surface area contributed by atoms with Gasteiger partial charge in [-0.3, -0.25) is 10.1 Å². The molecule has 0 amide bonds. The van der Waals surface area contributed by atoms with E-state index in [1.54, 1.807) is 6.07 Å². The normalized spacial score (nSPS) is 22.8. The highest BCUT2D eigenvalue weighted by molar-refractivity contribution is 6.30. The number of nitro groups is 1. The first kappa shape index (κ1) is 16.2. The maximum absolute atomic E-state index is 11.2. The van der Waals surface area contributed by atoms with Crippen LogP contribution in [0.4, 0.5) is 5.69 Å². The molecule has 0 aromatic heterocycles. The summed E-state index contributed by atoms with van der Waals surface area (Å²) >= 11 is 5.89. The van der Waals surface area contributed by atoms with Gasteiger partial charge in [0.2, 0.25) is 0 Å². The number of nitrogens with zero attached hydrogens (tertiary/aromatic N) is 1. The van der Waals surface area contributed by atoms with Crippen LogP contribution in [0, 0.1) is 16.0 Å².